The van der Waals surface area contributed by atoms with Crippen molar-refractivity contribution in [3.8, 4) is 0 Å². The number of aryl methyl sites for hydroxylation is 1. The normalized spacial score (nSPS) is 18.4. The van der Waals surface area contributed by atoms with Crippen LogP contribution in [-0.4, -0.2) is 11.8 Å². The van der Waals surface area contributed by atoms with Gasteiger partial charge in [0.15, 0.2) is 0 Å². The van der Waals surface area contributed by atoms with E-state index in [1.165, 1.54) is 49.0 Å². The predicted molar refractivity (Wildman–Crippen MR) is 84.2 cm³/mol. The highest BCUT2D eigenvalue weighted by Gasteiger charge is 2.18. The molecule has 0 saturated heterocycles. The Balaban J connectivity index is 1.76. The van der Waals surface area contributed by atoms with Gasteiger partial charge in [0.05, 0.1) is 0 Å². The van der Waals surface area contributed by atoms with E-state index in [1.807, 2.05) is 11.8 Å². The summed E-state index contributed by atoms with van der Waals surface area (Å²) in [6, 6.07) is 9.19. The molecule has 0 aliphatic heterocycles. The van der Waals surface area contributed by atoms with Crippen LogP contribution in [0.15, 0.2) is 29.2 Å². The van der Waals surface area contributed by atoms with Gasteiger partial charge in [-0.1, -0.05) is 49.8 Å². The monoisotopic (exact) mass is 278 g/mol. The minimum atomic E-state index is 0.439. The summed E-state index contributed by atoms with van der Waals surface area (Å²) in [5, 5.41) is 0. The Labute approximate surface area is 121 Å². The van der Waals surface area contributed by atoms with Crippen LogP contribution in [0.25, 0.3) is 0 Å². The van der Waals surface area contributed by atoms with E-state index in [1.54, 1.807) is 0 Å². The minimum absolute atomic E-state index is 0.439. The molecule has 1 aliphatic carbocycles. The first-order valence-corrected chi connectivity index (χ1v) is 8.42. The van der Waals surface area contributed by atoms with Crippen LogP contribution in [0.2, 0.25) is 0 Å². The summed E-state index contributed by atoms with van der Waals surface area (Å²) < 4.78 is 0. The molecule has 2 rings (SSSR count). The van der Waals surface area contributed by atoms with Crippen molar-refractivity contribution in [2.75, 3.05) is 5.75 Å². The number of hydrazine groups is 1. The van der Waals surface area contributed by atoms with E-state index in [2.05, 4.69) is 36.6 Å². The smallest absolute Gasteiger partial charge is 0.0307 e. The summed E-state index contributed by atoms with van der Waals surface area (Å²) in [5.74, 6) is 7.66. The van der Waals surface area contributed by atoms with E-state index in [4.69, 9.17) is 5.84 Å². The highest BCUT2D eigenvalue weighted by molar-refractivity contribution is 7.99. The van der Waals surface area contributed by atoms with Crippen molar-refractivity contribution < 1.29 is 0 Å². The molecule has 0 amide bonds. The van der Waals surface area contributed by atoms with Gasteiger partial charge in [-0.3, -0.25) is 11.3 Å². The van der Waals surface area contributed by atoms with E-state index in [0.29, 0.717) is 6.04 Å². The molecule has 1 atom stereocenters. The molecule has 3 N–H and O–H groups in total. The fraction of sp³-hybridized carbons (Fsp3) is 0.625. The number of thioether (sulfide) groups is 1. The molecule has 0 heterocycles. The molecule has 1 aromatic carbocycles. The lowest BCUT2D eigenvalue weighted by Gasteiger charge is -2.26. The van der Waals surface area contributed by atoms with Crippen LogP contribution in [0.1, 0.15) is 44.1 Å². The van der Waals surface area contributed by atoms with Gasteiger partial charge in [-0.15, -0.1) is 11.8 Å². The standard InChI is InChI=1S/C16H26N2S/c1-13-7-9-16(10-8-13)19-12-15(18-17)11-14-5-3-2-4-6-14/h7-10,14-15,18H,2-6,11-12,17H2,1H3. The molecule has 2 nitrogen and oxygen atoms in total. The number of hydrogen-bond donors (Lipinski definition) is 2. The summed E-state index contributed by atoms with van der Waals surface area (Å²) in [5.41, 5.74) is 4.33. The van der Waals surface area contributed by atoms with Gasteiger partial charge in [0, 0.05) is 16.7 Å². The van der Waals surface area contributed by atoms with Crippen LogP contribution in [-0.2, 0) is 0 Å². The third-order valence-corrected chi connectivity index (χ3v) is 5.23. The number of rotatable bonds is 6. The van der Waals surface area contributed by atoms with Crippen LogP contribution in [0.3, 0.4) is 0 Å². The molecule has 1 saturated carbocycles. The molecule has 0 aromatic heterocycles. The fourth-order valence-electron chi connectivity index (χ4n) is 2.84. The Bertz CT molecular complexity index is 358. The maximum atomic E-state index is 5.71. The molecule has 1 fully saturated rings. The number of hydrogen-bond acceptors (Lipinski definition) is 3. The Kier molecular flexibility index (Phi) is 6.21. The fourth-order valence-corrected chi connectivity index (χ4v) is 3.80. The van der Waals surface area contributed by atoms with E-state index in [-0.39, 0.29) is 0 Å². The molecule has 1 aromatic rings. The van der Waals surface area contributed by atoms with Crippen LogP contribution in [0.5, 0.6) is 0 Å². The largest absolute Gasteiger partial charge is 0.271 e. The SMILES string of the molecule is Cc1ccc(SCC(CC2CCCCC2)NN)cc1. The minimum Gasteiger partial charge on any atom is -0.271 e. The van der Waals surface area contributed by atoms with Gasteiger partial charge in [0.1, 0.15) is 0 Å². The maximum Gasteiger partial charge on any atom is 0.0307 e. The maximum absolute atomic E-state index is 5.71. The van der Waals surface area contributed by atoms with Gasteiger partial charge >= 0.3 is 0 Å². The molecule has 106 valence electrons. The van der Waals surface area contributed by atoms with Gasteiger partial charge < -0.3 is 0 Å². The molecule has 1 unspecified atom stereocenters. The molecule has 19 heavy (non-hydrogen) atoms. The second kappa shape index (κ2) is 7.93. The summed E-state index contributed by atoms with van der Waals surface area (Å²) in [6.45, 7) is 2.13. The number of nitrogens with one attached hydrogen (secondary N) is 1. The average molecular weight is 278 g/mol. The zero-order valence-corrected chi connectivity index (χ0v) is 12.7. The van der Waals surface area contributed by atoms with Gasteiger partial charge in [-0.05, 0) is 31.4 Å². The Hall–Kier alpha value is -0.510. The highest BCUT2D eigenvalue weighted by atomic mass is 32.2. The lowest BCUT2D eigenvalue weighted by molar-refractivity contribution is 0.308. The predicted octanol–water partition coefficient (Wildman–Crippen LogP) is 3.89. The Morgan fingerprint density at radius 3 is 2.53 bits per heavy atom. The Morgan fingerprint density at radius 2 is 1.89 bits per heavy atom. The van der Waals surface area contributed by atoms with Crippen molar-refractivity contribution in [2.45, 2.75) is 56.4 Å². The average Bonchev–Trinajstić information content (AvgIpc) is 2.46. The zero-order valence-electron chi connectivity index (χ0n) is 11.9. The molecule has 3 heteroatoms. The first kappa shape index (κ1) is 14.9. The van der Waals surface area contributed by atoms with Crippen molar-refractivity contribution in [1.29, 1.82) is 0 Å². The van der Waals surface area contributed by atoms with E-state index < -0.39 is 0 Å². The van der Waals surface area contributed by atoms with E-state index in [0.717, 1.165) is 11.7 Å². The quantitative estimate of drug-likeness (QED) is 0.471. The van der Waals surface area contributed by atoms with Crippen LogP contribution < -0.4 is 11.3 Å². The third kappa shape index (κ3) is 5.17. The van der Waals surface area contributed by atoms with Crippen molar-refractivity contribution in [2.24, 2.45) is 11.8 Å². The molecule has 1 aliphatic rings. The van der Waals surface area contributed by atoms with Gasteiger partial charge in [-0.25, -0.2) is 0 Å². The second-order valence-corrected chi connectivity index (χ2v) is 6.82. The third-order valence-electron chi connectivity index (χ3n) is 4.05. The van der Waals surface area contributed by atoms with Gasteiger partial charge in [-0.2, -0.15) is 0 Å². The topological polar surface area (TPSA) is 38.0 Å². The van der Waals surface area contributed by atoms with Gasteiger partial charge in [0.2, 0.25) is 0 Å². The Morgan fingerprint density at radius 1 is 1.21 bits per heavy atom. The molecule has 0 bridgehead atoms. The van der Waals surface area contributed by atoms with Crippen LogP contribution in [0, 0.1) is 12.8 Å². The summed E-state index contributed by atoms with van der Waals surface area (Å²) >= 11 is 1.91. The first-order chi connectivity index (χ1) is 9.28. The van der Waals surface area contributed by atoms with E-state index >= 15 is 0 Å². The van der Waals surface area contributed by atoms with Crippen LogP contribution in [0.4, 0.5) is 0 Å². The molecule has 0 radical (unpaired) electrons. The second-order valence-electron chi connectivity index (χ2n) is 5.73. The van der Waals surface area contributed by atoms with Crippen molar-refractivity contribution in [3.63, 3.8) is 0 Å². The lowest BCUT2D eigenvalue weighted by atomic mass is 9.85. The van der Waals surface area contributed by atoms with Crippen molar-refractivity contribution >= 4 is 11.8 Å². The molecular formula is C16H26N2S. The summed E-state index contributed by atoms with van der Waals surface area (Å²) in [7, 11) is 0. The van der Waals surface area contributed by atoms with Gasteiger partial charge in [0.25, 0.3) is 0 Å². The lowest BCUT2D eigenvalue weighted by Crippen LogP contribution is -2.38. The summed E-state index contributed by atoms with van der Waals surface area (Å²) in [4.78, 5) is 1.34. The molecule has 0 spiro atoms. The molecular weight excluding hydrogens is 252 g/mol. The van der Waals surface area contributed by atoms with Crippen LogP contribution >= 0.6 is 11.8 Å². The van der Waals surface area contributed by atoms with E-state index in [9.17, 15) is 0 Å². The zero-order chi connectivity index (χ0) is 13.5. The number of nitrogens with two attached hydrogens (primary N) is 1. The van der Waals surface area contributed by atoms with Crippen molar-refractivity contribution in [3.05, 3.63) is 29.8 Å². The number of benzene rings is 1. The summed E-state index contributed by atoms with van der Waals surface area (Å²) in [6.07, 6.45) is 8.27. The highest BCUT2D eigenvalue weighted by Crippen LogP contribution is 2.29. The first-order valence-electron chi connectivity index (χ1n) is 7.43. The van der Waals surface area contributed by atoms with Crippen molar-refractivity contribution in [1.82, 2.24) is 5.43 Å².